The third-order valence-corrected chi connectivity index (χ3v) is 7.50. The van der Waals surface area contributed by atoms with Gasteiger partial charge in [-0.15, -0.1) is 11.3 Å². The summed E-state index contributed by atoms with van der Waals surface area (Å²) in [5, 5.41) is 8.08. The average Bonchev–Trinajstić information content (AvgIpc) is 3.45. The number of rotatable bonds is 5. The van der Waals surface area contributed by atoms with E-state index in [4.69, 9.17) is 4.52 Å². The lowest BCUT2D eigenvalue weighted by Crippen LogP contribution is -2.41. The normalized spacial score (nSPS) is 15.6. The SMILES string of the molecule is Cc1sc2ncnc(N3CCC(C(=O)NC(C)c4nc(-c5ccc(F)cc5)no4)CC3)c2c1C. The lowest BCUT2D eigenvalue weighted by molar-refractivity contribution is -0.126. The van der Waals surface area contributed by atoms with Crippen molar-refractivity contribution in [2.45, 2.75) is 39.7 Å². The molecule has 1 aliphatic heterocycles. The van der Waals surface area contributed by atoms with Gasteiger partial charge in [0.2, 0.25) is 17.6 Å². The second kappa shape index (κ2) is 9.09. The van der Waals surface area contributed by atoms with Crippen molar-refractivity contribution in [3.8, 4) is 11.4 Å². The Balaban J connectivity index is 1.21. The summed E-state index contributed by atoms with van der Waals surface area (Å²) in [4.78, 5) is 30.8. The second-order valence-electron chi connectivity index (χ2n) is 8.62. The van der Waals surface area contributed by atoms with Crippen LogP contribution in [0.4, 0.5) is 10.2 Å². The van der Waals surface area contributed by atoms with Gasteiger partial charge >= 0.3 is 0 Å². The molecule has 1 N–H and O–H groups in total. The monoisotopic (exact) mass is 480 g/mol. The molecule has 0 spiro atoms. The molecule has 1 saturated heterocycles. The number of aromatic nitrogens is 4. The number of benzene rings is 1. The van der Waals surface area contributed by atoms with Crippen molar-refractivity contribution in [3.63, 3.8) is 0 Å². The van der Waals surface area contributed by atoms with Crippen molar-refractivity contribution in [2.75, 3.05) is 18.0 Å². The van der Waals surface area contributed by atoms with Crippen LogP contribution in [0.5, 0.6) is 0 Å². The third-order valence-electron chi connectivity index (χ3n) is 6.38. The predicted octanol–water partition coefficient (Wildman–Crippen LogP) is 4.59. The van der Waals surface area contributed by atoms with Gasteiger partial charge in [0.05, 0.1) is 5.39 Å². The Labute approximate surface area is 200 Å². The fraction of sp³-hybridized carbons (Fsp3) is 0.375. The van der Waals surface area contributed by atoms with Crippen molar-refractivity contribution in [1.82, 2.24) is 25.4 Å². The number of carbonyl (C=O) groups excluding carboxylic acids is 1. The van der Waals surface area contributed by atoms with E-state index in [0.717, 1.165) is 42.0 Å². The molecule has 34 heavy (non-hydrogen) atoms. The fourth-order valence-electron chi connectivity index (χ4n) is 4.28. The molecule has 0 radical (unpaired) electrons. The van der Waals surface area contributed by atoms with E-state index < -0.39 is 6.04 Å². The first-order valence-electron chi connectivity index (χ1n) is 11.3. The molecular formula is C24H25FN6O2S. The molecular weight excluding hydrogens is 455 g/mol. The van der Waals surface area contributed by atoms with Crippen molar-refractivity contribution < 1.29 is 13.7 Å². The number of aryl methyl sites for hydroxylation is 2. The molecule has 1 aromatic carbocycles. The van der Waals surface area contributed by atoms with Crippen molar-refractivity contribution in [2.24, 2.45) is 5.92 Å². The number of carbonyl (C=O) groups is 1. The zero-order valence-corrected chi connectivity index (χ0v) is 20.0. The molecule has 5 rings (SSSR count). The first kappa shape index (κ1) is 22.4. The lowest BCUT2D eigenvalue weighted by Gasteiger charge is -2.32. The zero-order valence-electron chi connectivity index (χ0n) is 19.2. The summed E-state index contributed by atoms with van der Waals surface area (Å²) in [5.74, 6) is 1.18. The van der Waals surface area contributed by atoms with E-state index in [1.807, 2.05) is 6.92 Å². The highest BCUT2D eigenvalue weighted by atomic mass is 32.1. The van der Waals surface area contributed by atoms with E-state index >= 15 is 0 Å². The summed E-state index contributed by atoms with van der Waals surface area (Å²) in [5.41, 5.74) is 1.88. The summed E-state index contributed by atoms with van der Waals surface area (Å²) in [6.45, 7) is 7.54. The molecule has 4 aromatic rings. The van der Waals surface area contributed by atoms with Gasteiger partial charge in [-0.25, -0.2) is 14.4 Å². The quantitative estimate of drug-likeness (QED) is 0.446. The maximum Gasteiger partial charge on any atom is 0.249 e. The molecule has 8 nitrogen and oxygen atoms in total. The Morgan fingerprint density at radius 3 is 2.68 bits per heavy atom. The standard InChI is InChI=1S/C24H25FN6O2S/c1-13-15(3)34-24-19(13)21(26-12-27-24)31-10-8-17(9-11-31)22(32)28-14(2)23-29-20(30-33-23)16-4-6-18(25)7-5-16/h4-7,12,14,17H,8-11H2,1-3H3,(H,28,32). The molecule has 1 fully saturated rings. The summed E-state index contributed by atoms with van der Waals surface area (Å²) in [6.07, 6.45) is 3.09. The molecule has 1 amide bonds. The molecule has 1 aliphatic rings. The predicted molar refractivity (Wildman–Crippen MR) is 128 cm³/mol. The second-order valence-corrected chi connectivity index (χ2v) is 9.82. The van der Waals surface area contributed by atoms with Gasteiger partial charge in [-0.2, -0.15) is 4.98 Å². The first-order valence-corrected chi connectivity index (χ1v) is 12.1. The molecule has 4 heterocycles. The Kier molecular flexibility index (Phi) is 5.99. The lowest BCUT2D eigenvalue weighted by atomic mass is 9.95. The minimum atomic E-state index is -0.426. The Morgan fingerprint density at radius 1 is 1.21 bits per heavy atom. The zero-order chi connectivity index (χ0) is 23.8. The minimum absolute atomic E-state index is 0.0240. The van der Waals surface area contributed by atoms with E-state index in [-0.39, 0.29) is 17.6 Å². The molecule has 1 atom stereocenters. The van der Waals surface area contributed by atoms with E-state index in [9.17, 15) is 9.18 Å². The number of nitrogens with zero attached hydrogens (tertiary/aromatic N) is 5. The van der Waals surface area contributed by atoms with Crippen LogP contribution in [0.25, 0.3) is 21.6 Å². The molecule has 3 aromatic heterocycles. The molecule has 0 aliphatic carbocycles. The molecule has 176 valence electrons. The van der Waals surface area contributed by atoms with Crippen LogP contribution in [0.15, 0.2) is 35.1 Å². The van der Waals surface area contributed by atoms with Crippen LogP contribution < -0.4 is 10.2 Å². The van der Waals surface area contributed by atoms with E-state index in [1.54, 1.807) is 29.8 Å². The summed E-state index contributed by atoms with van der Waals surface area (Å²) < 4.78 is 18.5. The summed E-state index contributed by atoms with van der Waals surface area (Å²) in [6, 6.07) is 5.44. The number of piperidine rings is 1. The van der Waals surface area contributed by atoms with Gasteiger partial charge in [-0.3, -0.25) is 4.79 Å². The number of thiophene rings is 1. The smallest absolute Gasteiger partial charge is 0.249 e. The topological polar surface area (TPSA) is 97.0 Å². The van der Waals surface area contributed by atoms with Crippen molar-refractivity contribution in [1.29, 1.82) is 0 Å². The highest BCUT2D eigenvalue weighted by Crippen LogP contribution is 2.35. The number of anilines is 1. The van der Waals surface area contributed by atoms with Crippen LogP contribution in [-0.4, -0.2) is 39.1 Å². The first-order chi connectivity index (χ1) is 16.4. The van der Waals surface area contributed by atoms with E-state index in [1.165, 1.54) is 22.6 Å². The van der Waals surface area contributed by atoms with Crippen LogP contribution >= 0.6 is 11.3 Å². The molecule has 1 unspecified atom stereocenters. The maximum atomic E-state index is 13.1. The number of hydrogen-bond donors (Lipinski definition) is 1. The van der Waals surface area contributed by atoms with Crippen molar-refractivity contribution in [3.05, 3.63) is 52.7 Å². The van der Waals surface area contributed by atoms with Crippen LogP contribution in [0.1, 0.15) is 42.1 Å². The molecule has 10 heteroatoms. The number of hydrogen-bond acceptors (Lipinski definition) is 8. The number of nitrogens with one attached hydrogen (secondary N) is 1. The summed E-state index contributed by atoms with van der Waals surface area (Å²) >= 11 is 1.69. The van der Waals surface area contributed by atoms with Crippen LogP contribution in [0, 0.1) is 25.6 Å². The van der Waals surface area contributed by atoms with Gasteiger partial charge < -0.3 is 14.7 Å². The number of halogens is 1. The third kappa shape index (κ3) is 4.25. The van der Waals surface area contributed by atoms with Gasteiger partial charge in [0, 0.05) is 29.4 Å². The number of amides is 1. The maximum absolute atomic E-state index is 13.1. The van der Waals surface area contributed by atoms with E-state index in [2.05, 4.69) is 44.2 Å². The van der Waals surface area contributed by atoms with E-state index in [0.29, 0.717) is 17.3 Å². The van der Waals surface area contributed by atoms with Crippen LogP contribution in [-0.2, 0) is 4.79 Å². The van der Waals surface area contributed by atoms with Gasteiger partial charge in [0.15, 0.2) is 0 Å². The Bertz CT molecular complexity index is 1330. The molecule has 0 bridgehead atoms. The van der Waals surface area contributed by atoms with Gasteiger partial charge in [-0.05, 0) is 63.4 Å². The van der Waals surface area contributed by atoms with Gasteiger partial charge in [0.25, 0.3) is 0 Å². The molecule has 0 saturated carbocycles. The highest BCUT2D eigenvalue weighted by molar-refractivity contribution is 7.18. The highest BCUT2D eigenvalue weighted by Gasteiger charge is 2.29. The van der Waals surface area contributed by atoms with Gasteiger partial charge in [0.1, 0.15) is 28.8 Å². The number of fused-ring (bicyclic) bond motifs is 1. The van der Waals surface area contributed by atoms with Crippen LogP contribution in [0.2, 0.25) is 0 Å². The Hall–Kier alpha value is -3.40. The Morgan fingerprint density at radius 2 is 1.94 bits per heavy atom. The van der Waals surface area contributed by atoms with Crippen LogP contribution in [0.3, 0.4) is 0 Å². The largest absolute Gasteiger partial charge is 0.356 e. The average molecular weight is 481 g/mol. The van der Waals surface area contributed by atoms with Crippen molar-refractivity contribution >= 4 is 33.3 Å². The minimum Gasteiger partial charge on any atom is -0.356 e. The fourth-order valence-corrected chi connectivity index (χ4v) is 5.27. The van der Waals surface area contributed by atoms with Gasteiger partial charge in [-0.1, -0.05) is 5.16 Å². The summed E-state index contributed by atoms with van der Waals surface area (Å²) in [7, 11) is 0.